The van der Waals surface area contributed by atoms with E-state index in [1.165, 1.54) is 11.0 Å². The number of halogens is 5. The molecule has 11 heteroatoms. The van der Waals surface area contributed by atoms with Crippen LogP contribution in [0.15, 0.2) is 18.2 Å². The number of carboxylic acid groups (broad SMARTS) is 1. The maximum atomic E-state index is 14.0. The van der Waals surface area contributed by atoms with E-state index in [1.54, 1.807) is 0 Å². The molecule has 0 bridgehead atoms. The Morgan fingerprint density at radius 2 is 2.03 bits per heavy atom. The van der Waals surface area contributed by atoms with E-state index in [0.717, 1.165) is 30.8 Å². The van der Waals surface area contributed by atoms with Crippen molar-refractivity contribution in [2.75, 3.05) is 6.54 Å². The van der Waals surface area contributed by atoms with Gasteiger partial charge in [0.25, 0.3) is 0 Å². The number of ether oxygens (including phenoxy) is 1. The third-order valence-electron chi connectivity index (χ3n) is 5.36. The molecule has 0 saturated heterocycles. The Morgan fingerprint density at radius 1 is 1.30 bits per heavy atom. The van der Waals surface area contributed by atoms with Crippen molar-refractivity contribution < 1.29 is 32.2 Å². The van der Waals surface area contributed by atoms with E-state index in [9.17, 15) is 27.5 Å². The van der Waals surface area contributed by atoms with E-state index in [4.69, 9.17) is 11.6 Å². The number of nitrogens with zero attached hydrogens (tertiary/aromatic N) is 3. The van der Waals surface area contributed by atoms with Crippen LogP contribution in [0.3, 0.4) is 0 Å². The first-order valence-corrected chi connectivity index (χ1v) is 9.81. The smallest absolute Gasteiger partial charge is 0.465 e. The molecule has 1 aromatic carbocycles. The first-order chi connectivity index (χ1) is 14.1. The highest BCUT2D eigenvalue weighted by Crippen LogP contribution is 2.44. The molecule has 1 aliphatic heterocycles. The first-order valence-electron chi connectivity index (χ1n) is 9.43. The lowest BCUT2D eigenvalue weighted by Crippen LogP contribution is -2.42. The normalized spacial score (nSPS) is 19.0. The molecule has 2 heterocycles. The van der Waals surface area contributed by atoms with Crippen molar-refractivity contribution in [2.45, 2.75) is 50.6 Å². The number of imidazole rings is 1. The summed E-state index contributed by atoms with van der Waals surface area (Å²) >= 11 is 6.35. The zero-order chi connectivity index (χ0) is 21.6. The highest BCUT2D eigenvalue weighted by atomic mass is 35.5. The van der Waals surface area contributed by atoms with Crippen molar-refractivity contribution in [2.24, 2.45) is 0 Å². The fourth-order valence-electron chi connectivity index (χ4n) is 3.90. The van der Waals surface area contributed by atoms with Gasteiger partial charge in [-0.1, -0.05) is 17.7 Å². The fraction of sp³-hybridized carbons (Fsp3) is 0.474. The summed E-state index contributed by atoms with van der Waals surface area (Å²) in [5.41, 5.74) is 1.03. The molecule has 4 rings (SSSR count). The number of benzene rings is 1. The lowest BCUT2D eigenvalue weighted by molar-refractivity contribution is -0.275. The Morgan fingerprint density at radius 3 is 2.63 bits per heavy atom. The van der Waals surface area contributed by atoms with Crippen LogP contribution in [0.2, 0.25) is 5.15 Å². The predicted octanol–water partition coefficient (Wildman–Crippen LogP) is 5.12. The molecule has 1 amide bonds. The van der Waals surface area contributed by atoms with Crippen molar-refractivity contribution in [1.29, 1.82) is 0 Å². The van der Waals surface area contributed by atoms with Gasteiger partial charge in [0, 0.05) is 19.0 Å². The minimum atomic E-state index is -4.99. The topological polar surface area (TPSA) is 67.6 Å². The van der Waals surface area contributed by atoms with Crippen molar-refractivity contribution in [3.8, 4) is 5.75 Å². The van der Waals surface area contributed by atoms with Crippen LogP contribution in [0, 0.1) is 5.82 Å². The molecule has 1 N–H and O–H groups in total. The minimum absolute atomic E-state index is 0.234. The summed E-state index contributed by atoms with van der Waals surface area (Å²) in [6, 6.07) is 2.62. The fourth-order valence-corrected chi connectivity index (χ4v) is 4.22. The Hall–Kier alpha value is -2.49. The second kappa shape index (κ2) is 7.64. The molecule has 1 saturated carbocycles. The van der Waals surface area contributed by atoms with E-state index >= 15 is 0 Å². The highest BCUT2D eigenvalue weighted by molar-refractivity contribution is 6.30. The molecule has 1 atom stereocenters. The maximum absolute atomic E-state index is 14.0. The zero-order valence-corrected chi connectivity index (χ0v) is 16.4. The van der Waals surface area contributed by atoms with E-state index in [-0.39, 0.29) is 24.5 Å². The Kier molecular flexibility index (Phi) is 5.29. The van der Waals surface area contributed by atoms with Crippen molar-refractivity contribution in [1.82, 2.24) is 14.5 Å². The van der Waals surface area contributed by atoms with Gasteiger partial charge in [-0.2, -0.15) is 0 Å². The van der Waals surface area contributed by atoms with Crippen LogP contribution in [-0.2, 0) is 13.0 Å². The van der Waals surface area contributed by atoms with Gasteiger partial charge in [-0.3, -0.25) is 4.90 Å². The number of alkyl halides is 3. The third-order valence-corrected chi connectivity index (χ3v) is 5.64. The molecule has 162 valence electrons. The number of rotatable bonds is 5. The van der Waals surface area contributed by atoms with Gasteiger partial charge in [0.15, 0.2) is 16.7 Å². The molecule has 1 aromatic heterocycles. The molecule has 1 unspecified atom stereocenters. The lowest BCUT2D eigenvalue weighted by Gasteiger charge is -2.35. The van der Waals surface area contributed by atoms with E-state index in [0.29, 0.717) is 23.7 Å². The predicted molar refractivity (Wildman–Crippen MR) is 98.1 cm³/mol. The standard InChI is InChI=1S/C19H18ClF4N3O3/c20-16-15-13(5-1-10-2-6-14(12(21)9-10)30-19(22,23)24)26(18(28)29)7-8-27(15)17(25-16)11-3-4-11/h2,6,9,11,13H,1,3-5,7-8H2,(H,28,29). The molecule has 2 aromatic rings. The van der Waals surface area contributed by atoms with Crippen molar-refractivity contribution in [3.05, 3.63) is 46.3 Å². The van der Waals surface area contributed by atoms with Crippen LogP contribution >= 0.6 is 11.6 Å². The van der Waals surface area contributed by atoms with Gasteiger partial charge in [-0.25, -0.2) is 14.2 Å². The zero-order valence-electron chi connectivity index (χ0n) is 15.6. The average Bonchev–Trinajstić information content (AvgIpc) is 3.44. The van der Waals surface area contributed by atoms with Gasteiger partial charge in [0.2, 0.25) is 0 Å². The summed E-state index contributed by atoms with van der Waals surface area (Å²) in [4.78, 5) is 17.5. The van der Waals surface area contributed by atoms with Crippen molar-refractivity contribution in [3.63, 3.8) is 0 Å². The first kappa shape index (κ1) is 20.8. The molecule has 6 nitrogen and oxygen atoms in total. The summed E-state index contributed by atoms with van der Waals surface area (Å²) < 4.78 is 56.5. The van der Waals surface area contributed by atoms with Gasteiger partial charge < -0.3 is 14.4 Å². The van der Waals surface area contributed by atoms with Gasteiger partial charge in [0.1, 0.15) is 5.82 Å². The van der Waals surface area contributed by atoms with Gasteiger partial charge >= 0.3 is 12.5 Å². The van der Waals surface area contributed by atoms with E-state index < -0.39 is 30.1 Å². The number of carbonyl (C=O) groups is 1. The summed E-state index contributed by atoms with van der Waals surface area (Å²) in [5, 5.41) is 9.87. The quantitative estimate of drug-likeness (QED) is 0.646. The molecule has 1 aliphatic carbocycles. The van der Waals surface area contributed by atoms with Crippen molar-refractivity contribution >= 4 is 17.7 Å². The number of fused-ring (bicyclic) bond motifs is 1. The monoisotopic (exact) mass is 447 g/mol. The molecular formula is C19H18ClF4N3O3. The Labute approximate surface area is 174 Å². The van der Waals surface area contributed by atoms with Gasteiger partial charge in [-0.15, -0.1) is 13.2 Å². The van der Waals surface area contributed by atoms with Crippen LogP contribution < -0.4 is 4.74 Å². The summed E-state index contributed by atoms with van der Waals surface area (Å²) in [6.07, 6.45) is -3.53. The van der Waals surface area contributed by atoms with Crippen LogP contribution in [0.4, 0.5) is 22.4 Å². The number of aryl methyl sites for hydroxylation is 1. The number of amides is 1. The lowest BCUT2D eigenvalue weighted by atomic mass is 10.00. The van der Waals surface area contributed by atoms with E-state index in [1.807, 2.05) is 4.57 Å². The SMILES string of the molecule is O=C(O)N1CCn2c(C3CC3)nc(Cl)c2C1CCc1ccc(OC(F)(F)F)c(F)c1. The molecule has 1 fully saturated rings. The van der Waals surface area contributed by atoms with Gasteiger partial charge in [0.05, 0.1) is 11.7 Å². The van der Waals surface area contributed by atoms with Crippen LogP contribution in [0.1, 0.15) is 48.3 Å². The summed E-state index contributed by atoms with van der Waals surface area (Å²) in [5.74, 6) is -0.845. The second-order valence-corrected chi connectivity index (χ2v) is 7.77. The third kappa shape index (κ3) is 4.19. The van der Waals surface area contributed by atoms with Crippen LogP contribution in [-0.4, -0.2) is 38.6 Å². The largest absolute Gasteiger partial charge is 0.573 e. The minimum Gasteiger partial charge on any atom is -0.465 e. The molecule has 0 radical (unpaired) electrons. The Balaban J connectivity index is 1.56. The highest BCUT2D eigenvalue weighted by Gasteiger charge is 2.39. The van der Waals surface area contributed by atoms with E-state index in [2.05, 4.69) is 9.72 Å². The average molecular weight is 448 g/mol. The number of aromatic nitrogens is 2. The van der Waals surface area contributed by atoms with Gasteiger partial charge in [-0.05, 0) is 43.4 Å². The van der Waals surface area contributed by atoms with Crippen LogP contribution in [0.5, 0.6) is 5.75 Å². The van der Waals surface area contributed by atoms with Crippen LogP contribution in [0.25, 0.3) is 0 Å². The number of hydrogen-bond donors (Lipinski definition) is 1. The second-order valence-electron chi connectivity index (χ2n) is 7.41. The Bertz CT molecular complexity index is 975. The summed E-state index contributed by atoms with van der Waals surface area (Å²) in [6.45, 7) is 0.730. The molecule has 0 spiro atoms. The maximum Gasteiger partial charge on any atom is 0.573 e. The molecular weight excluding hydrogens is 430 g/mol. The number of hydrogen-bond acceptors (Lipinski definition) is 3. The summed E-state index contributed by atoms with van der Waals surface area (Å²) in [7, 11) is 0. The molecule has 2 aliphatic rings. The molecule has 30 heavy (non-hydrogen) atoms.